The van der Waals surface area contributed by atoms with Crippen molar-refractivity contribution < 1.29 is 23.1 Å². The molecule has 2 aromatic heterocycles. The summed E-state index contributed by atoms with van der Waals surface area (Å²) in [5.41, 5.74) is 3.00. The van der Waals surface area contributed by atoms with E-state index < -0.39 is 16.0 Å². The van der Waals surface area contributed by atoms with Gasteiger partial charge in [-0.25, -0.2) is 17.9 Å². The van der Waals surface area contributed by atoms with Crippen molar-refractivity contribution in [3.05, 3.63) is 81.8 Å². The van der Waals surface area contributed by atoms with Gasteiger partial charge in [-0.05, 0) is 62.1 Å². The van der Waals surface area contributed by atoms with Gasteiger partial charge >= 0.3 is 5.97 Å². The van der Waals surface area contributed by atoms with Crippen LogP contribution >= 0.6 is 15.9 Å². The molecular weight excluding hydrogens is 636 g/mol. The SMILES string of the molecule is C.C.CCOc1ccc(Br)cc1S(=O)(=O)N(Cc1cccc(-n2ncc(C(=O)O)c2[C@@H]2C[C@H]2c2cn(C)nn2)c1)C1CC1. The van der Waals surface area contributed by atoms with E-state index in [9.17, 15) is 18.3 Å². The minimum absolute atomic E-state index is 0. The third-order valence-corrected chi connectivity index (χ3v) is 9.83. The van der Waals surface area contributed by atoms with Gasteiger partial charge in [0.25, 0.3) is 0 Å². The van der Waals surface area contributed by atoms with Crippen molar-refractivity contribution in [2.24, 2.45) is 7.05 Å². The fourth-order valence-electron chi connectivity index (χ4n) is 5.27. The monoisotopic (exact) mass is 672 g/mol. The largest absolute Gasteiger partial charge is 0.492 e. The van der Waals surface area contributed by atoms with Crippen LogP contribution in [0, 0.1) is 0 Å². The zero-order chi connectivity index (χ0) is 28.9. The van der Waals surface area contributed by atoms with Crippen LogP contribution in [0.2, 0.25) is 0 Å². The van der Waals surface area contributed by atoms with Crippen LogP contribution in [-0.2, 0) is 23.6 Å². The maximum Gasteiger partial charge on any atom is 0.339 e. The molecule has 230 valence electrons. The lowest BCUT2D eigenvalue weighted by Crippen LogP contribution is -2.33. The van der Waals surface area contributed by atoms with E-state index in [0.717, 1.165) is 30.5 Å². The van der Waals surface area contributed by atoms with Crippen LogP contribution in [0.1, 0.15) is 80.2 Å². The van der Waals surface area contributed by atoms with Gasteiger partial charge < -0.3 is 9.84 Å². The van der Waals surface area contributed by atoms with Gasteiger partial charge in [0, 0.05) is 42.1 Å². The zero-order valence-electron chi connectivity index (χ0n) is 22.5. The van der Waals surface area contributed by atoms with Gasteiger partial charge in [0.1, 0.15) is 16.2 Å². The fourth-order valence-corrected chi connectivity index (χ4v) is 7.61. The molecule has 1 N–H and O–H groups in total. The Kier molecular flexibility index (Phi) is 9.48. The van der Waals surface area contributed by atoms with E-state index >= 15 is 0 Å². The summed E-state index contributed by atoms with van der Waals surface area (Å²) in [5, 5.41) is 22.6. The molecule has 0 spiro atoms. The molecule has 2 saturated carbocycles. The molecule has 2 aliphatic carbocycles. The van der Waals surface area contributed by atoms with E-state index in [1.54, 1.807) is 34.6 Å². The van der Waals surface area contributed by atoms with E-state index in [4.69, 9.17) is 4.74 Å². The van der Waals surface area contributed by atoms with Crippen LogP contribution in [0.5, 0.6) is 5.75 Å². The average molecular weight is 674 g/mol. The number of carboxylic acids is 1. The Bertz CT molecular complexity index is 1730. The Labute approximate surface area is 260 Å². The summed E-state index contributed by atoms with van der Waals surface area (Å²) in [4.78, 5) is 12.2. The van der Waals surface area contributed by atoms with Crippen molar-refractivity contribution in [2.75, 3.05) is 6.61 Å². The Balaban J connectivity index is 0.00000212. The number of carboxylic acid groups (broad SMARTS) is 1. The molecule has 11 nitrogen and oxygen atoms in total. The molecule has 2 fully saturated rings. The molecule has 6 rings (SSSR count). The average Bonchev–Trinajstić information content (AvgIpc) is 3.85. The second-order valence-corrected chi connectivity index (χ2v) is 13.2. The molecule has 4 aromatic rings. The van der Waals surface area contributed by atoms with Crippen LogP contribution < -0.4 is 4.74 Å². The van der Waals surface area contributed by atoms with Crippen molar-refractivity contribution in [2.45, 2.75) is 70.4 Å². The van der Waals surface area contributed by atoms with Crippen molar-refractivity contribution >= 4 is 31.9 Å². The van der Waals surface area contributed by atoms with Gasteiger partial charge in [0.05, 0.1) is 29.9 Å². The molecule has 0 radical (unpaired) electrons. The molecule has 0 aliphatic heterocycles. The lowest BCUT2D eigenvalue weighted by Gasteiger charge is -2.24. The minimum Gasteiger partial charge on any atom is -0.492 e. The molecule has 0 saturated heterocycles. The van der Waals surface area contributed by atoms with E-state index in [2.05, 4.69) is 31.3 Å². The predicted octanol–water partition coefficient (Wildman–Crippen LogP) is 5.76. The second kappa shape index (κ2) is 12.6. The highest BCUT2D eigenvalue weighted by Gasteiger charge is 2.46. The number of sulfonamides is 1. The van der Waals surface area contributed by atoms with E-state index in [0.29, 0.717) is 28.2 Å². The van der Waals surface area contributed by atoms with Gasteiger partial charge in [-0.1, -0.05) is 48.1 Å². The summed E-state index contributed by atoms with van der Waals surface area (Å²) in [7, 11) is -2.08. The number of hydrogen-bond acceptors (Lipinski definition) is 7. The number of aromatic carboxylic acids is 1. The lowest BCUT2D eigenvalue weighted by atomic mass is 10.1. The first kappa shape index (κ1) is 32.4. The smallest absolute Gasteiger partial charge is 0.339 e. The van der Waals surface area contributed by atoms with E-state index in [1.807, 2.05) is 37.4 Å². The summed E-state index contributed by atoms with van der Waals surface area (Å²) in [6.45, 7) is 2.32. The third-order valence-electron chi connectivity index (χ3n) is 7.42. The first-order chi connectivity index (χ1) is 19.7. The van der Waals surface area contributed by atoms with Crippen molar-refractivity contribution in [1.82, 2.24) is 29.1 Å². The number of benzene rings is 2. The molecule has 13 heteroatoms. The number of hydrogen-bond donors (Lipinski definition) is 1. The number of rotatable bonds is 11. The molecule has 43 heavy (non-hydrogen) atoms. The van der Waals surface area contributed by atoms with Crippen molar-refractivity contribution in [1.29, 1.82) is 0 Å². The highest BCUT2D eigenvalue weighted by Crippen LogP contribution is 2.55. The summed E-state index contributed by atoms with van der Waals surface area (Å²) in [5.74, 6) is -0.738. The Morgan fingerprint density at radius 2 is 1.93 bits per heavy atom. The van der Waals surface area contributed by atoms with Crippen molar-refractivity contribution in [3.8, 4) is 11.4 Å². The number of ether oxygens (including phenoxy) is 1. The predicted molar refractivity (Wildman–Crippen MR) is 166 cm³/mol. The Morgan fingerprint density at radius 1 is 1.16 bits per heavy atom. The molecule has 2 atom stereocenters. The molecule has 2 heterocycles. The maximum atomic E-state index is 14.0. The first-order valence-corrected chi connectivity index (χ1v) is 15.6. The van der Waals surface area contributed by atoms with Gasteiger partial charge in [0.2, 0.25) is 10.0 Å². The number of aromatic nitrogens is 5. The van der Waals surface area contributed by atoms with E-state index in [1.165, 1.54) is 10.5 Å². The zero-order valence-corrected chi connectivity index (χ0v) is 24.9. The molecular formula is C30H37BrN6O5S. The van der Waals surface area contributed by atoms with Crippen LogP contribution in [0.3, 0.4) is 0 Å². The molecule has 0 amide bonds. The molecule has 0 bridgehead atoms. The number of aryl methyl sites for hydroxylation is 1. The topological polar surface area (TPSA) is 132 Å². The van der Waals surface area contributed by atoms with Gasteiger partial charge in [-0.3, -0.25) is 4.68 Å². The standard InChI is InChI=1S/C28H29BrN6O5S.2CH4/c1-3-40-25-10-7-18(29)12-26(25)41(38,39)34(19-8-9-19)15-17-5-4-6-20(11-17)35-27(23(14-30-35)28(36)37)22-13-21(22)24-16-33(2)32-31-24;;/h4-7,10-12,14,16,19,21-22H,3,8-9,13,15H2,1-2H3,(H,36,37);2*1H4/t21-,22-;;/m1../s1. The highest BCUT2D eigenvalue weighted by molar-refractivity contribution is 9.10. The summed E-state index contributed by atoms with van der Waals surface area (Å²) in [6, 6.07) is 12.3. The molecule has 0 unspecified atom stereocenters. The quantitative estimate of drug-likeness (QED) is 0.213. The molecule has 2 aromatic carbocycles. The summed E-state index contributed by atoms with van der Waals surface area (Å²) < 4.78 is 39.0. The minimum atomic E-state index is -3.88. The summed E-state index contributed by atoms with van der Waals surface area (Å²) >= 11 is 3.40. The Hall–Kier alpha value is -3.55. The summed E-state index contributed by atoms with van der Waals surface area (Å²) in [6.07, 6.45) is 5.54. The number of halogens is 1. The second-order valence-electron chi connectivity index (χ2n) is 10.4. The van der Waals surface area contributed by atoms with Crippen LogP contribution in [-0.4, -0.2) is 61.2 Å². The van der Waals surface area contributed by atoms with Crippen LogP contribution in [0.4, 0.5) is 0 Å². The Morgan fingerprint density at radius 3 is 2.58 bits per heavy atom. The normalized spacial score (nSPS) is 17.7. The fraction of sp³-hybridized carbons (Fsp3) is 0.400. The molecule has 2 aliphatic rings. The van der Waals surface area contributed by atoms with Crippen LogP contribution in [0.25, 0.3) is 5.69 Å². The highest BCUT2D eigenvalue weighted by atomic mass is 79.9. The lowest BCUT2D eigenvalue weighted by molar-refractivity contribution is 0.0695. The van der Waals surface area contributed by atoms with Crippen molar-refractivity contribution in [3.63, 3.8) is 0 Å². The van der Waals surface area contributed by atoms with Gasteiger partial charge in [-0.2, -0.15) is 9.40 Å². The van der Waals surface area contributed by atoms with E-state index in [-0.39, 0.29) is 49.7 Å². The number of nitrogens with zero attached hydrogens (tertiary/aromatic N) is 6. The van der Waals surface area contributed by atoms with Crippen LogP contribution in [0.15, 0.2) is 64.2 Å². The first-order valence-electron chi connectivity index (χ1n) is 13.4. The van der Waals surface area contributed by atoms with Gasteiger partial charge in [0.15, 0.2) is 0 Å². The maximum absolute atomic E-state index is 14.0. The van der Waals surface area contributed by atoms with Gasteiger partial charge in [-0.15, -0.1) is 5.10 Å². The third kappa shape index (κ3) is 6.38. The number of carbonyl (C=O) groups is 1.